The van der Waals surface area contributed by atoms with Gasteiger partial charge in [0, 0.05) is 17.4 Å². The molecule has 2 aromatic rings. The van der Waals surface area contributed by atoms with Crippen molar-refractivity contribution in [1.82, 2.24) is 4.98 Å². The third-order valence-electron chi connectivity index (χ3n) is 3.59. The number of amides is 1. The van der Waals surface area contributed by atoms with Crippen molar-refractivity contribution in [3.05, 3.63) is 59.4 Å². The Balaban J connectivity index is 1.92. The van der Waals surface area contributed by atoms with Crippen molar-refractivity contribution in [2.24, 2.45) is 10.7 Å². The van der Waals surface area contributed by atoms with Crippen molar-refractivity contribution in [3.63, 3.8) is 0 Å². The minimum Gasteiger partial charge on any atom is -0.459 e. The maximum atomic E-state index is 14.1. The molecule has 1 amide bonds. The average Bonchev–Trinajstić information content (AvgIpc) is 2.59. The number of rotatable bonds is 3. The molecule has 0 fully saturated rings. The maximum absolute atomic E-state index is 14.1. The van der Waals surface area contributed by atoms with E-state index in [0.717, 1.165) is 24.3 Å². The number of pyridine rings is 1. The normalized spacial score (nSPS) is 18.6. The molecule has 0 saturated carbocycles. The number of ether oxygens (including phenoxy) is 1. The van der Waals surface area contributed by atoms with Crippen molar-refractivity contribution in [3.8, 4) is 0 Å². The van der Waals surface area contributed by atoms with Gasteiger partial charge in [-0.15, -0.1) is 0 Å². The number of amidine groups is 1. The number of carbonyl (C=O) groups is 1. The fourth-order valence-corrected chi connectivity index (χ4v) is 2.38. The summed E-state index contributed by atoms with van der Waals surface area (Å²) in [5.41, 5.74) is 4.29. The van der Waals surface area contributed by atoms with Gasteiger partial charge in [-0.25, -0.2) is 27.5 Å². The minimum absolute atomic E-state index is 0.0347. The first-order valence-corrected chi connectivity index (χ1v) is 7.33. The Morgan fingerprint density at radius 2 is 2.04 bits per heavy atom. The van der Waals surface area contributed by atoms with E-state index >= 15 is 0 Å². The predicted molar refractivity (Wildman–Crippen MR) is 83.8 cm³/mol. The lowest BCUT2D eigenvalue weighted by atomic mass is 9.99. The molecule has 0 spiro atoms. The lowest BCUT2D eigenvalue weighted by Crippen LogP contribution is -2.40. The molecule has 3 rings (SSSR count). The number of alkyl halides is 2. The fourth-order valence-electron chi connectivity index (χ4n) is 2.38. The van der Waals surface area contributed by atoms with Crippen LogP contribution in [-0.4, -0.2) is 29.4 Å². The van der Waals surface area contributed by atoms with E-state index in [4.69, 9.17) is 5.73 Å². The Morgan fingerprint density at radius 3 is 2.77 bits per heavy atom. The van der Waals surface area contributed by atoms with Crippen LogP contribution in [0, 0.1) is 11.6 Å². The average molecular weight is 368 g/mol. The Morgan fingerprint density at radius 1 is 1.27 bits per heavy atom. The summed E-state index contributed by atoms with van der Waals surface area (Å²) in [6.07, 6.45) is 1.22. The smallest absolute Gasteiger partial charge is 0.307 e. The van der Waals surface area contributed by atoms with Crippen LogP contribution in [0.2, 0.25) is 0 Å². The van der Waals surface area contributed by atoms with Crippen LogP contribution in [0.25, 0.3) is 0 Å². The van der Waals surface area contributed by atoms with E-state index in [1.165, 1.54) is 12.3 Å². The van der Waals surface area contributed by atoms with Crippen LogP contribution in [0.5, 0.6) is 0 Å². The van der Waals surface area contributed by atoms with Gasteiger partial charge in [-0.2, -0.15) is 0 Å². The van der Waals surface area contributed by atoms with E-state index in [1.807, 2.05) is 0 Å². The third-order valence-corrected chi connectivity index (χ3v) is 3.59. The molecule has 2 heterocycles. The molecule has 3 N–H and O–H groups in total. The van der Waals surface area contributed by atoms with E-state index in [2.05, 4.69) is 20.0 Å². The van der Waals surface area contributed by atoms with Crippen molar-refractivity contribution in [1.29, 1.82) is 0 Å². The number of nitrogens with one attached hydrogen (secondary N) is 1. The molecule has 1 aromatic carbocycles. The zero-order valence-corrected chi connectivity index (χ0v) is 13.0. The Bertz CT molecular complexity index is 888. The number of nitrogens with zero attached hydrogens (tertiary/aromatic N) is 2. The Hall–Kier alpha value is -3.17. The van der Waals surface area contributed by atoms with Gasteiger partial charge in [-0.05, 0) is 30.3 Å². The lowest BCUT2D eigenvalue weighted by Gasteiger charge is -2.28. The molecule has 1 aromatic heterocycles. The molecule has 26 heavy (non-hydrogen) atoms. The summed E-state index contributed by atoms with van der Waals surface area (Å²) >= 11 is 0. The molecule has 6 nitrogen and oxygen atoms in total. The van der Waals surface area contributed by atoms with Gasteiger partial charge in [0.2, 0.25) is 0 Å². The molecular formula is C16H12F4N4O2. The molecule has 1 aliphatic heterocycles. The molecular weight excluding hydrogens is 356 g/mol. The van der Waals surface area contributed by atoms with Crippen LogP contribution in [0.1, 0.15) is 22.1 Å². The second-order valence-electron chi connectivity index (χ2n) is 5.44. The Labute approximate surface area is 144 Å². The van der Waals surface area contributed by atoms with Gasteiger partial charge in [0.05, 0.1) is 0 Å². The highest BCUT2D eigenvalue weighted by Gasteiger charge is 2.46. The van der Waals surface area contributed by atoms with Gasteiger partial charge in [0.1, 0.15) is 5.82 Å². The van der Waals surface area contributed by atoms with Crippen LogP contribution in [0.4, 0.5) is 23.2 Å². The monoisotopic (exact) mass is 368 g/mol. The van der Waals surface area contributed by atoms with E-state index < -0.39 is 53.4 Å². The summed E-state index contributed by atoms with van der Waals surface area (Å²) < 4.78 is 60.2. The number of hydrogen-bond acceptors (Lipinski definition) is 5. The summed E-state index contributed by atoms with van der Waals surface area (Å²) in [5.74, 6) is -6.24. The maximum Gasteiger partial charge on any atom is 0.307 e. The van der Waals surface area contributed by atoms with Gasteiger partial charge in [0.25, 0.3) is 11.9 Å². The number of halogens is 4. The summed E-state index contributed by atoms with van der Waals surface area (Å²) in [4.78, 5) is 19.1. The first-order valence-electron chi connectivity index (χ1n) is 7.33. The fraction of sp³-hybridized carbons (Fsp3) is 0.188. The van der Waals surface area contributed by atoms with E-state index in [9.17, 15) is 22.4 Å². The van der Waals surface area contributed by atoms with Crippen molar-refractivity contribution >= 4 is 17.6 Å². The number of nitrogens with two attached hydrogens (primary N) is 1. The van der Waals surface area contributed by atoms with Crippen molar-refractivity contribution in [2.45, 2.75) is 12.0 Å². The largest absolute Gasteiger partial charge is 0.459 e. The van der Waals surface area contributed by atoms with E-state index in [0.29, 0.717) is 0 Å². The highest BCUT2D eigenvalue weighted by atomic mass is 19.3. The lowest BCUT2D eigenvalue weighted by molar-refractivity contribution is -0.0788. The molecule has 0 aliphatic carbocycles. The van der Waals surface area contributed by atoms with E-state index in [-0.39, 0.29) is 5.69 Å². The number of hydrogen-bond donors (Lipinski definition) is 2. The first-order chi connectivity index (χ1) is 12.3. The van der Waals surface area contributed by atoms with Crippen LogP contribution >= 0.6 is 0 Å². The molecule has 136 valence electrons. The van der Waals surface area contributed by atoms with Crippen molar-refractivity contribution in [2.75, 3.05) is 11.9 Å². The third kappa shape index (κ3) is 3.44. The zero-order chi connectivity index (χ0) is 18.9. The summed E-state index contributed by atoms with van der Waals surface area (Å²) in [6.45, 7) is -1.05. The number of anilines is 1. The molecule has 0 saturated heterocycles. The SMILES string of the molecule is NC1=NC(c2cc(NC(=O)c3ncccc3F)ccc2F)C(F)(F)CO1. The zero-order valence-electron chi connectivity index (χ0n) is 13.0. The Kier molecular flexibility index (Phi) is 4.49. The van der Waals surface area contributed by atoms with Crippen LogP contribution < -0.4 is 11.1 Å². The van der Waals surface area contributed by atoms with Gasteiger partial charge < -0.3 is 15.8 Å². The first kappa shape index (κ1) is 17.6. The quantitative estimate of drug-likeness (QED) is 0.815. The van der Waals surface area contributed by atoms with Gasteiger partial charge >= 0.3 is 5.92 Å². The standard InChI is InChI=1S/C16H12F4N4O2/c17-10-4-3-8(23-14(25)12-11(18)2-1-5-22-12)6-9(10)13-16(19,20)7-26-15(21)24-13/h1-6,13H,7H2,(H2,21,24)(H,23,25). The van der Waals surface area contributed by atoms with Gasteiger partial charge in [-0.3, -0.25) is 4.79 Å². The van der Waals surface area contributed by atoms with E-state index in [1.54, 1.807) is 0 Å². The van der Waals surface area contributed by atoms with Crippen LogP contribution in [0.15, 0.2) is 41.5 Å². The molecule has 1 unspecified atom stereocenters. The number of aromatic nitrogens is 1. The molecule has 1 aliphatic rings. The topological polar surface area (TPSA) is 89.6 Å². The minimum atomic E-state index is -3.50. The predicted octanol–water partition coefficient (Wildman–Crippen LogP) is 2.63. The summed E-state index contributed by atoms with van der Waals surface area (Å²) in [6, 6.07) is 2.94. The number of carbonyl (C=O) groups excluding carboxylic acids is 1. The van der Waals surface area contributed by atoms with Crippen LogP contribution in [-0.2, 0) is 4.74 Å². The summed E-state index contributed by atoms with van der Waals surface area (Å²) in [5, 5.41) is 2.28. The number of aliphatic imine (C=N–C) groups is 1. The second-order valence-corrected chi connectivity index (χ2v) is 5.44. The molecule has 0 bridgehead atoms. The summed E-state index contributed by atoms with van der Waals surface area (Å²) in [7, 11) is 0. The molecule has 1 atom stereocenters. The second kappa shape index (κ2) is 6.62. The van der Waals surface area contributed by atoms with Crippen LogP contribution in [0.3, 0.4) is 0 Å². The molecule has 0 radical (unpaired) electrons. The number of benzene rings is 1. The molecule has 10 heteroatoms. The highest BCUT2D eigenvalue weighted by molar-refractivity contribution is 6.03. The highest BCUT2D eigenvalue weighted by Crippen LogP contribution is 2.39. The van der Waals surface area contributed by atoms with Gasteiger partial charge in [-0.1, -0.05) is 0 Å². The van der Waals surface area contributed by atoms with Crippen molar-refractivity contribution < 1.29 is 27.1 Å². The van der Waals surface area contributed by atoms with Gasteiger partial charge in [0.15, 0.2) is 24.2 Å².